The molecule has 0 fully saturated rings. The van der Waals surface area contributed by atoms with Gasteiger partial charge in [0.15, 0.2) is 0 Å². The quantitative estimate of drug-likeness (QED) is 0.713. The summed E-state index contributed by atoms with van der Waals surface area (Å²) in [5, 5.41) is 11.1. The highest BCUT2D eigenvalue weighted by atomic mass is 16.4. The Hall–Kier alpha value is -2.11. The number of rotatable bonds is 7. The first-order valence-corrected chi connectivity index (χ1v) is 6.18. The zero-order valence-electron chi connectivity index (χ0n) is 10.9. The lowest BCUT2D eigenvalue weighted by Crippen LogP contribution is -2.32. The van der Waals surface area contributed by atoms with Gasteiger partial charge < -0.3 is 15.0 Å². The molecule has 0 aliphatic carbocycles. The van der Waals surface area contributed by atoms with E-state index in [4.69, 9.17) is 5.11 Å². The van der Waals surface area contributed by atoms with E-state index < -0.39 is 5.97 Å². The first-order valence-electron chi connectivity index (χ1n) is 6.18. The highest BCUT2D eigenvalue weighted by Crippen LogP contribution is 1.99. The van der Waals surface area contributed by atoms with Crippen molar-refractivity contribution < 1.29 is 14.7 Å². The number of unbranched alkanes of at least 4 members (excludes halogenated alkanes) is 2. The standard InChI is InChI=1S/C13H18N2O4/c1-15-9-5-6-10(13(15)19)12(18)14-8-4-2-3-7-11(16)17/h5-6,9H,2-4,7-8H2,1H3,(H,14,18)(H,16,17). The Balaban J connectivity index is 2.34. The number of aliphatic carboxylic acids is 1. The van der Waals surface area contributed by atoms with Crippen molar-refractivity contribution in [2.24, 2.45) is 7.05 Å². The van der Waals surface area contributed by atoms with Crippen LogP contribution in [0.15, 0.2) is 23.1 Å². The third-order valence-corrected chi connectivity index (χ3v) is 2.72. The first kappa shape index (κ1) is 14.9. The fourth-order valence-electron chi connectivity index (χ4n) is 1.65. The number of carboxylic acid groups (broad SMARTS) is 1. The number of pyridine rings is 1. The van der Waals surface area contributed by atoms with Gasteiger partial charge >= 0.3 is 5.97 Å². The van der Waals surface area contributed by atoms with Gasteiger partial charge in [-0.2, -0.15) is 0 Å². The van der Waals surface area contributed by atoms with Crippen LogP contribution in [0.4, 0.5) is 0 Å². The molecule has 104 valence electrons. The number of hydrogen-bond acceptors (Lipinski definition) is 3. The Labute approximate surface area is 111 Å². The van der Waals surface area contributed by atoms with Gasteiger partial charge in [0, 0.05) is 26.2 Å². The van der Waals surface area contributed by atoms with Crippen LogP contribution in [-0.4, -0.2) is 28.1 Å². The molecular formula is C13H18N2O4. The zero-order chi connectivity index (χ0) is 14.3. The van der Waals surface area contributed by atoms with Crippen LogP contribution >= 0.6 is 0 Å². The maximum atomic E-state index is 11.7. The molecule has 0 aliphatic rings. The van der Waals surface area contributed by atoms with Crippen LogP contribution in [0.5, 0.6) is 0 Å². The van der Waals surface area contributed by atoms with Gasteiger partial charge in [-0.3, -0.25) is 14.4 Å². The van der Waals surface area contributed by atoms with Crippen molar-refractivity contribution >= 4 is 11.9 Å². The number of nitrogens with one attached hydrogen (secondary N) is 1. The van der Waals surface area contributed by atoms with Gasteiger partial charge in [0.25, 0.3) is 11.5 Å². The van der Waals surface area contributed by atoms with E-state index in [-0.39, 0.29) is 23.5 Å². The summed E-state index contributed by atoms with van der Waals surface area (Å²) < 4.78 is 1.35. The van der Waals surface area contributed by atoms with Crippen molar-refractivity contribution in [1.29, 1.82) is 0 Å². The smallest absolute Gasteiger partial charge is 0.303 e. The van der Waals surface area contributed by atoms with Gasteiger partial charge in [-0.15, -0.1) is 0 Å². The molecule has 1 aromatic rings. The van der Waals surface area contributed by atoms with Crippen LogP contribution in [0.2, 0.25) is 0 Å². The summed E-state index contributed by atoms with van der Waals surface area (Å²) in [5.74, 6) is -1.20. The van der Waals surface area contributed by atoms with Crippen LogP contribution < -0.4 is 10.9 Å². The lowest BCUT2D eigenvalue weighted by Gasteiger charge is -2.05. The maximum Gasteiger partial charge on any atom is 0.303 e. The van der Waals surface area contributed by atoms with Crippen molar-refractivity contribution in [3.05, 3.63) is 34.2 Å². The van der Waals surface area contributed by atoms with Crippen molar-refractivity contribution in [3.63, 3.8) is 0 Å². The molecule has 0 aliphatic heterocycles. The molecule has 0 saturated heterocycles. The number of hydrogen-bond donors (Lipinski definition) is 2. The normalized spacial score (nSPS) is 10.2. The van der Waals surface area contributed by atoms with Gasteiger partial charge in [0.2, 0.25) is 0 Å². The Bertz CT molecular complexity index is 508. The van der Waals surface area contributed by atoms with E-state index in [1.807, 2.05) is 0 Å². The van der Waals surface area contributed by atoms with Crippen molar-refractivity contribution in [2.75, 3.05) is 6.54 Å². The summed E-state index contributed by atoms with van der Waals surface area (Å²) in [5.41, 5.74) is -0.207. The molecule has 0 radical (unpaired) electrons. The molecule has 1 amide bonds. The van der Waals surface area contributed by atoms with E-state index in [0.717, 1.165) is 6.42 Å². The van der Waals surface area contributed by atoms with E-state index in [2.05, 4.69) is 5.32 Å². The second-order valence-electron chi connectivity index (χ2n) is 4.30. The van der Waals surface area contributed by atoms with Crippen LogP contribution in [-0.2, 0) is 11.8 Å². The summed E-state index contributed by atoms with van der Waals surface area (Å²) in [4.78, 5) is 33.7. The number of carbonyl (C=O) groups excluding carboxylic acids is 1. The third-order valence-electron chi connectivity index (χ3n) is 2.72. The Morgan fingerprint density at radius 3 is 2.74 bits per heavy atom. The van der Waals surface area contributed by atoms with E-state index in [1.165, 1.54) is 10.6 Å². The second-order valence-corrected chi connectivity index (χ2v) is 4.30. The summed E-state index contributed by atoms with van der Waals surface area (Å²) in [6.45, 7) is 0.441. The third kappa shape index (κ3) is 4.95. The molecule has 1 aromatic heterocycles. The van der Waals surface area contributed by atoms with Gasteiger partial charge in [-0.05, 0) is 25.0 Å². The summed E-state index contributed by atoms with van der Waals surface area (Å²) in [6.07, 6.45) is 3.77. The molecule has 1 rings (SSSR count). The number of carbonyl (C=O) groups is 2. The van der Waals surface area contributed by atoms with Crippen molar-refractivity contribution in [3.8, 4) is 0 Å². The Kier molecular flexibility index (Phi) is 5.78. The second kappa shape index (κ2) is 7.35. The van der Waals surface area contributed by atoms with Crippen LogP contribution in [0.25, 0.3) is 0 Å². The fraction of sp³-hybridized carbons (Fsp3) is 0.462. The number of aromatic nitrogens is 1. The van der Waals surface area contributed by atoms with Crippen LogP contribution in [0.1, 0.15) is 36.0 Å². The fourth-order valence-corrected chi connectivity index (χ4v) is 1.65. The largest absolute Gasteiger partial charge is 0.481 e. The summed E-state index contributed by atoms with van der Waals surface area (Å²) >= 11 is 0. The molecule has 0 atom stereocenters. The molecule has 1 heterocycles. The minimum absolute atomic E-state index is 0.121. The van der Waals surface area contributed by atoms with Crippen LogP contribution in [0, 0.1) is 0 Å². The maximum absolute atomic E-state index is 11.7. The molecule has 6 heteroatoms. The molecule has 0 saturated carbocycles. The van der Waals surface area contributed by atoms with Gasteiger partial charge in [-0.1, -0.05) is 6.42 Å². The monoisotopic (exact) mass is 266 g/mol. The van der Waals surface area contributed by atoms with E-state index >= 15 is 0 Å². The predicted molar refractivity (Wildman–Crippen MR) is 70.1 cm³/mol. The molecule has 0 spiro atoms. The summed E-state index contributed by atoms with van der Waals surface area (Å²) in [6, 6.07) is 3.13. The predicted octanol–water partition coefficient (Wildman–Crippen LogP) is 0.760. The minimum atomic E-state index is -0.809. The van der Waals surface area contributed by atoms with Gasteiger partial charge in [-0.25, -0.2) is 0 Å². The zero-order valence-corrected chi connectivity index (χ0v) is 10.9. The Morgan fingerprint density at radius 2 is 2.05 bits per heavy atom. The molecular weight excluding hydrogens is 248 g/mol. The molecule has 0 aromatic carbocycles. The SMILES string of the molecule is Cn1cccc(C(=O)NCCCCCC(=O)O)c1=O. The Morgan fingerprint density at radius 1 is 1.32 bits per heavy atom. The van der Waals surface area contributed by atoms with Gasteiger partial charge in [0.05, 0.1) is 0 Å². The summed E-state index contributed by atoms with van der Waals surface area (Å²) in [7, 11) is 1.59. The molecule has 0 bridgehead atoms. The first-order chi connectivity index (χ1) is 9.02. The number of carboxylic acids is 1. The molecule has 2 N–H and O–H groups in total. The van der Waals surface area contributed by atoms with E-state index in [0.29, 0.717) is 19.4 Å². The number of amides is 1. The molecule has 19 heavy (non-hydrogen) atoms. The molecule has 6 nitrogen and oxygen atoms in total. The highest BCUT2D eigenvalue weighted by molar-refractivity contribution is 5.93. The lowest BCUT2D eigenvalue weighted by molar-refractivity contribution is -0.137. The molecule has 0 unspecified atom stereocenters. The van der Waals surface area contributed by atoms with E-state index in [9.17, 15) is 14.4 Å². The van der Waals surface area contributed by atoms with Crippen molar-refractivity contribution in [1.82, 2.24) is 9.88 Å². The lowest BCUT2D eigenvalue weighted by atomic mass is 10.2. The average molecular weight is 266 g/mol. The average Bonchev–Trinajstić information content (AvgIpc) is 2.36. The van der Waals surface area contributed by atoms with Crippen molar-refractivity contribution in [2.45, 2.75) is 25.7 Å². The van der Waals surface area contributed by atoms with E-state index in [1.54, 1.807) is 19.3 Å². The van der Waals surface area contributed by atoms with Gasteiger partial charge in [0.1, 0.15) is 5.56 Å². The highest BCUT2D eigenvalue weighted by Gasteiger charge is 2.09. The topological polar surface area (TPSA) is 88.4 Å². The number of nitrogens with zero attached hydrogens (tertiary/aromatic N) is 1. The minimum Gasteiger partial charge on any atom is -0.481 e. The number of aryl methyl sites for hydroxylation is 1. The van der Waals surface area contributed by atoms with Crippen LogP contribution in [0.3, 0.4) is 0 Å².